The van der Waals surface area contributed by atoms with Crippen LogP contribution in [0.15, 0.2) is 0 Å². The molecule has 0 aromatic heterocycles. The molecule has 19 heavy (non-hydrogen) atoms. The monoisotopic (exact) mass is 269 g/mol. The minimum absolute atomic E-state index is 0.255. The van der Waals surface area contributed by atoms with Crippen LogP contribution in [0.3, 0.4) is 0 Å². The molecule has 4 heteroatoms. The van der Waals surface area contributed by atoms with Gasteiger partial charge < -0.3 is 14.4 Å². The highest BCUT2D eigenvalue weighted by Crippen LogP contribution is 2.22. The molecule has 110 valence electrons. The molecule has 0 N–H and O–H groups in total. The number of amides is 1. The minimum atomic E-state index is -0.272. The van der Waals surface area contributed by atoms with Crippen molar-refractivity contribution in [1.29, 1.82) is 0 Å². The van der Waals surface area contributed by atoms with Crippen LogP contribution in [0.2, 0.25) is 0 Å². The van der Waals surface area contributed by atoms with Crippen LogP contribution in [0.1, 0.15) is 46.5 Å². The Balaban J connectivity index is 1.68. The number of hydrogen-bond acceptors (Lipinski definition) is 3. The van der Waals surface area contributed by atoms with Gasteiger partial charge in [0.1, 0.15) is 0 Å². The van der Waals surface area contributed by atoms with Crippen LogP contribution in [-0.4, -0.2) is 49.3 Å². The zero-order valence-corrected chi connectivity index (χ0v) is 12.5. The number of nitrogens with zero attached hydrogens (tertiary/aromatic N) is 1. The average molecular weight is 269 g/mol. The van der Waals surface area contributed by atoms with E-state index in [-0.39, 0.29) is 11.3 Å². The Labute approximate surface area is 116 Å². The molecule has 2 rings (SSSR count). The van der Waals surface area contributed by atoms with Gasteiger partial charge in [-0.15, -0.1) is 0 Å². The molecule has 0 saturated carbocycles. The Morgan fingerprint density at radius 1 is 1.26 bits per heavy atom. The van der Waals surface area contributed by atoms with Gasteiger partial charge >= 0.3 is 0 Å². The first-order valence-corrected chi connectivity index (χ1v) is 7.49. The fourth-order valence-corrected chi connectivity index (χ4v) is 2.72. The summed E-state index contributed by atoms with van der Waals surface area (Å²) in [4.78, 5) is 14.1. The Bertz CT molecular complexity index is 297. The van der Waals surface area contributed by atoms with E-state index in [4.69, 9.17) is 9.47 Å². The van der Waals surface area contributed by atoms with Crippen LogP contribution in [-0.2, 0) is 14.3 Å². The van der Waals surface area contributed by atoms with Gasteiger partial charge in [0.2, 0.25) is 5.91 Å². The maximum atomic E-state index is 12.2. The van der Waals surface area contributed by atoms with Crippen LogP contribution >= 0.6 is 0 Å². The number of carbonyl (C=O) groups excluding carboxylic acids is 1. The molecule has 0 bridgehead atoms. The van der Waals surface area contributed by atoms with Crippen molar-refractivity contribution in [2.45, 2.75) is 58.7 Å². The fourth-order valence-electron chi connectivity index (χ4n) is 2.72. The van der Waals surface area contributed by atoms with E-state index in [9.17, 15) is 4.79 Å². The van der Waals surface area contributed by atoms with E-state index >= 15 is 0 Å². The second kappa shape index (κ2) is 6.23. The zero-order chi connectivity index (χ0) is 13.9. The smallest absolute Gasteiger partial charge is 0.227 e. The molecule has 4 nitrogen and oxygen atoms in total. The van der Waals surface area contributed by atoms with Gasteiger partial charge in [0.15, 0.2) is 0 Å². The summed E-state index contributed by atoms with van der Waals surface area (Å²) in [7, 11) is 0. The standard InChI is InChI=1S/C15H27NO3/c1-15(2,3)14(17)16-8-6-12(7-9-16)19-11-13-5-4-10-18-13/h12-13H,4-11H2,1-3H3. The number of ether oxygens (including phenoxy) is 2. The van der Waals surface area contributed by atoms with Gasteiger partial charge in [-0.25, -0.2) is 0 Å². The summed E-state index contributed by atoms with van der Waals surface area (Å²) in [5, 5.41) is 0. The molecule has 2 aliphatic heterocycles. The first-order chi connectivity index (χ1) is 8.97. The summed E-state index contributed by atoms with van der Waals surface area (Å²) in [6.07, 6.45) is 4.79. The quantitative estimate of drug-likeness (QED) is 0.788. The molecular weight excluding hydrogens is 242 g/mol. The van der Waals surface area contributed by atoms with Crippen molar-refractivity contribution in [1.82, 2.24) is 4.90 Å². The molecule has 1 unspecified atom stereocenters. The van der Waals surface area contributed by atoms with E-state index in [1.165, 1.54) is 0 Å². The lowest BCUT2D eigenvalue weighted by Gasteiger charge is -2.35. The van der Waals surface area contributed by atoms with Crippen LogP contribution in [0.4, 0.5) is 0 Å². The van der Waals surface area contributed by atoms with Crippen molar-refractivity contribution < 1.29 is 14.3 Å². The highest BCUT2D eigenvalue weighted by Gasteiger charge is 2.30. The van der Waals surface area contributed by atoms with Gasteiger partial charge in [0, 0.05) is 25.1 Å². The highest BCUT2D eigenvalue weighted by atomic mass is 16.5. The molecular formula is C15H27NO3. The summed E-state index contributed by atoms with van der Waals surface area (Å²) in [6, 6.07) is 0. The zero-order valence-electron chi connectivity index (χ0n) is 12.5. The molecule has 0 spiro atoms. The lowest BCUT2D eigenvalue weighted by Crippen LogP contribution is -2.45. The maximum absolute atomic E-state index is 12.2. The number of piperidine rings is 1. The van der Waals surface area contributed by atoms with E-state index in [0.29, 0.717) is 12.2 Å². The molecule has 2 heterocycles. The van der Waals surface area contributed by atoms with Crippen molar-refractivity contribution in [2.75, 3.05) is 26.3 Å². The minimum Gasteiger partial charge on any atom is -0.376 e. The fraction of sp³-hybridized carbons (Fsp3) is 0.933. The van der Waals surface area contributed by atoms with E-state index in [0.717, 1.165) is 52.0 Å². The number of hydrogen-bond donors (Lipinski definition) is 0. The van der Waals surface area contributed by atoms with E-state index < -0.39 is 0 Å². The van der Waals surface area contributed by atoms with Crippen LogP contribution in [0.25, 0.3) is 0 Å². The lowest BCUT2D eigenvalue weighted by molar-refractivity contribution is -0.142. The maximum Gasteiger partial charge on any atom is 0.227 e. The third kappa shape index (κ3) is 4.18. The molecule has 1 atom stereocenters. The van der Waals surface area contributed by atoms with Crippen molar-refractivity contribution in [3.8, 4) is 0 Å². The third-order valence-electron chi connectivity index (χ3n) is 3.91. The Morgan fingerprint density at radius 3 is 2.47 bits per heavy atom. The molecule has 0 radical (unpaired) electrons. The lowest BCUT2D eigenvalue weighted by atomic mass is 9.93. The summed E-state index contributed by atoms with van der Waals surface area (Å²) >= 11 is 0. The SMILES string of the molecule is CC(C)(C)C(=O)N1CCC(OCC2CCCO2)CC1. The normalized spacial score (nSPS) is 25.8. The molecule has 0 aromatic carbocycles. The largest absolute Gasteiger partial charge is 0.376 e. The van der Waals surface area contributed by atoms with Gasteiger partial charge in [-0.3, -0.25) is 4.79 Å². The molecule has 2 aliphatic rings. The molecule has 0 aliphatic carbocycles. The van der Waals surface area contributed by atoms with Gasteiger partial charge in [0.25, 0.3) is 0 Å². The summed E-state index contributed by atoms with van der Waals surface area (Å²) in [6.45, 7) is 9.20. The number of rotatable bonds is 3. The van der Waals surface area contributed by atoms with E-state index in [1.54, 1.807) is 0 Å². The topological polar surface area (TPSA) is 38.8 Å². The van der Waals surface area contributed by atoms with Crippen molar-refractivity contribution in [3.63, 3.8) is 0 Å². The van der Waals surface area contributed by atoms with Gasteiger partial charge in [-0.1, -0.05) is 20.8 Å². The van der Waals surface area contributed by atoms with Crippen molar-refractivity contribution in [2.24, 2.45) is 5.41 Å². The van der Waals surface area contributed by atoms with Crippen LogP contribution < -0.4 is 0 Å². The summed E-state index contributed by atoms with van der Waals surface area (Å²) < 4.78 is 11.5. The van der Waals surface area contributed by atoms with Gasteiger partial charge in [-0.2, -0.15) is 0 Å². The third-order valence-corrected chi connectivity index (χ3v) is 3.91. The average Bonchev–Trinajstić information content (AvgIpc) is 2.88. The molecule has 2 saturated heterocycles. The van der Waals surface area contributed by atoms with Gasteiger partial charge in [0.05, 0.1) is 18.8 Å². The van der Waals surface area contributed by atoms with E-state index in [2.05, 4.69) is 0 Å². The van der Waals surface area contributed by atoms with Crippen molar-refractivity contribution in [3.05, 3.63) is 0 Å². The van der Waals surface area contributed by atoms with E-state index in [1.807, 2.05) is 25.7 Å². The second-order valence-electron chi connectivity index (χ2n) is 6.71. The van der Waals surface area contributed by atoms with Crippen LogP contribution in [0, 0.1) is 5.41 Å². The second-order valence-corrected chi connectivity index (χ2v) is 6.71. The number of carbonyl (C=O) groups is 1. The predicted octanol–water partition coefficient (Wildman–Crippen LogP) is 2.22. The molecule has 1 amide bonds. The predicted molar refractivity (Wildman–Crippen MR) is 74.0 cm³/mol. The Kier molecular flexibility index (Phi) is 4.85. The molecule has 2 fully saturated rings. The highest BCUT2D eigenvalue weighted by molar-refractivity contribution is 5.81. The first kappa shape index (κ1) is 14.8. The Hall–Kier alpha value is -0.610. The summed E-state index contributed by atoms with van der Waals surface area (Å²) in [5.41, 5.74) is -0.272. The van der Waals surface area contributed by atoms with Crippen molar-refractivity contribution >= 4 is 5.91 Å². The summed E-state index contributed by atoms with van der Waals surface area (Å²) in [5.74, 6) is 0.255. The number of likely N-dealkylation sites (tertiary alicyclic amines) is 1. The molecule has 0 aromatic rings. The Morgan fingerprint density at radius 2 is 1.95 bits per heavy atom. The van der Waals surface area contributed by atoms with Crippen LogP contribution in [0.5, 0.6) is 0 Å². The van der Waals surface area contributed by atoms with Gasteiger partial charge in [-0.05, 0) is 25.7 Å². The first-order valence-electron chi connectivity index (χ1n) is 7.49.